The van der Waals surface area contributed by atoms with Crippen LogP contribution in [0.25, 0.3) is 0 Å². The summed E-state index contributed by atoms with van der Waals surface area (Å²) in [7, 11) is 0. The standard InChI is InChI=1S/C18H22N6O3/c1-10-9-14(20-16(26)17(27)23-8-6-5-7-11(23)2)24(22-10)18-19-13(4)12(3)15(25)21-18/h9,11H,3,5-8H2,1-2,4H3,(H,20,26). The van der Waals surface area contributed by atoms with Crippen molar-refractivity contribution < 1.29 is 14.4 Å². The van der Waals surface area contributed by atoms with E-state index in [1.165, 1.54) is 4.68 Å². The van der Waals surface area contributed by atoms with Crippen LogP contribution in [-0.2, 0) is 14.4 Å². The average Bonchev–Trinajstić information content (AvgIpc) is 2.99. The summed E-state index contributed by atoms with van der Waals surface area (Å²) >= 11 is 0. The third-order valence-electron chi connectivity index (χ3n) is 4.68. The van der Waals surface area contributed by atoms with E-state index in [4.69, 9.17) is 0 Å². The summed E-state index contributed by atoms with van der Waals surface area (Å²) in [5.41, 5.74) is 1.22. The van der Waals surface area contributed by atoms with Gasteiger partial charge in [-0.3, -0.25) is 14.4 Å². The fourth-order valence-electron chi connectivity index (χ4n) is 3.09. The molecule has 27 heavy (non-hydrogen) atoms. The second kappa shape index (κ2) is 7.26. The summed E-state index contributed by atoms with van der Waals surface area (Å²) in [6, 6.07) is 1.62. The van der Waals surface area contributed by atoms with Crippen molar-refractivity contribution in [3.05, 3.63) is 23.9 Å². The van der Waals surface area contributed by atoms with Crippen LogP contribution in [0.5, 0.6) is 0 Å². The van der Waals surface area contributed by atoms with Crippen molar-refractivity contribution in [3.63, 3.8) is 0 Å². The first-order valence-electron chi connectivity index (χ1n) is 8.84. The second-order valence-electron chi connectivity index (χ2n) is 6.77. The topological polar surface area (TPSA) is 109 Å². The van der Waals surface area contributed by atoms with Gasteiger partial charge in [0.05, 0.1) is 17.0 Å². The average molecular weight is 370 g/mol. The maximum absolute atomic E-state index is 12.5. The van der Waals surface area contributed by atoms with Crippen LogP contribution in [0, 0.1) is 6.92 Å². The van der Waals surface area contributed by atoms with Crippen molar-refractivity contribution >= 4 is 35.2 Å². The van der Waals surface area contributed by atoms with Gasteiger partial charge >= 0.3 is 11.8 Å². The van der Waals surface area contributed by atoms with Crippen LogP contribution < -0.4 is 5.32 Å². The quantitative estimate of drug-likeness (QED) is 0.593. The van der Waals surface area contributed by atoms with E-state index in [1.807, 2.05) is 6.92 Å². The molecule has 1 aromatic heterocycles. The first kappa shape index (κ1) is 18.7. The van der Waals surface area contributed by atoms with E-state index in [-0.39, 0.29) is 23.4 Å². The van der Waals surface area contributed by atoms with Gasteiger partial charge in [-0.05, 0) is 40.0 Å². The lowest BCUT2D eigenvalue weighted by Crippen LogP contribution is -2.47. The van der Waals surface area contributed by atoms with Crippen LogP contribution in [0.1, 0.15) is 38.8 Å². The van der Waals surface area contributed by atoms with Gasteiger partial charge < -0.3 is 10.2 Å². The number of aliphatic imine (C=N–C) groups is 2. The highest BCUT2D eigenvalue weighted by molar-refractivity contribution is 6.39. The number of aryl methyl sites for hydroxylation is 1. The third-order valence-corrected chi connectivity index (χ3v) is 4.68. The molecule has 2 aliphatic rings. The number of hydrogen-bond acceptors (Lipinski definition) is 5. The first-order valence-corrected chi connectivity index (χ1v) is 8.84. The van der Waals surface area contributed by atoms with Gasteiger partial charge in [-0.1, -0.05) is 6.58 Å². The summed E-state index contributed by atoms with van der Waals surface area (Å²) in [6.07, 6.45) is 2.82. The number of carbonyl (C=O) groups is 3. The van der Waals surface area contributed by atoms with Gasteiger partial charge in [-0.15, -0.1) is 0 Å². The first-order chi connectivity index (χ1) is 12.8. The molecule has 3 amide bonds. The summed E-state index contributed by atoms with van der Waals surface area (Å²) in [5, 5.41) is 6.80. The Bertz CT molecular complexity index is 895. The van der Waals surface area contributed by atoms with Gasteiger partial charge in [0.25, 0.3) is 11.9 Å². The van der Waals surface area contributed by atoms with Gasteiger partial charge in [-0.2, -0.15) is 14.8 Å². The maximum atomic E-state index is 12.5. The van der Waals surface area contributed by atoms with Gasteiger partial charge in [0.1, 0.15) is 5.82 Å². The lowest BCUT2D eigenvalue weighted by Gasteiger charge is -2.32. The van der Waals surface area contributed by atoms with E-state index in [9.17, 15) is 14.4 Å². The Labute approximate surface area is 156 Å². The number of rotatable bonds is 1. The number of nitrogens with zero attached hydrogens (tertiary/aromatic N) is 5. The van der Waals surface area contributed by atoms with Crippen LogP contribution in [0.3, 0.4) is 0 Å². The zero-order chi connectivity index (χ0) is 19.7. The van der Waals surface area contributed by atoms with Crippen molar-refractivity contribution in [2.45, 2.75) is 46.1 Å². The van der Waals surface area contributed by atoms with Crippen LogP contribution in [0.15, 0.2) is 28.2 Å². The number of hydrogen-bond donors (Lipinski definition) is 1. The molecule has 142 valence electrons. The molecule has 1 unspecified atom stereocenters. The number of anilines is 1. The molecule has 0 aliphatic carbocycles. The van der Waals surface area contributed by atoms with Gasteiger partial charge in [0.15, 0.2) is 0 Å². The maximum Gasteiger partial charge on any atom is 0.315 e. The van der Waals surface area contributed by atoms with E-state index in [0.29, 0.717) is 18.0 Å². The highest BCUT2D eigenvalue weighted by Gasteiger charge is 2.29. The lowest BCUT2D eigenvalue weighted by molar-refractivity contribution is -0.145. The van der Waals surface area contributed by atoms with Gasteiger partial charge in [0.2, 0.25) is 0 Å². The molecule has 1 saturated heterocycles. The SMILES string of the molecule is C=C1C(=O)N=C(n2nc(C)cc2NC(=O)C(=O)N2CCCCC2C)N=C1C. The van der Waals surface area contributed by atoms with Crippen molar-refractivity contribution in [2.24, 2.45) is 9.98 Å². The smallest absolute Gasteiger partial charge is 0.315 e. The highest BCUT2D eigenvalue weighted by atomic mass is 16.2. The molecule has 0 saturated carbocycles. The van der Waals surface area contributed by atoms with E-state index in [2.05, 4.69) is 27.0 Å². The number of aromatic nitrogens is 2. The number of nitrogens with one attached hydrogen (secondary N) is 1. The predicted molar refractivity (Wildman–Crippen MR) is 101 cm³/mol. The van der Waals surface area contributed by atoms with Crippen molar-refractivity contribution in [3.8, 4) is 0 Å². The minimum atomic E-state index is -0.752. The highest BCUT2D eigenvalue weighted by Crippen LogP contribution is 2.18. The van der Waals surface area contributed by atoms with E-state index in [0.717, 1.165) is 19.3 Å². The van der Waals surface area contributed by atoms with E-state index < -0.39 is 17.7 Å². The number of amides is 3. The van der Waals surface area contributed by atoms with Crippen molar-refractivity contribution in [1.82, 2.24) is 14.7 Å². The third kappa shape index (κ3) is 3.71. The van der Waals surface area contributed by atoms with Crippen LogP contribution in [0.4, 0.5) is 5.82 Å². The molecule has 0 aromatic carbocycles. The molecule has 1 N–H and O–H groups in total. The largest absolute Gasteiger partial charge is 0.332 e. The Morgan fingerprint density at radius 1 is 1.26 bits per heavy atom. The number of likely N-dealkylation sites (tertiary alicyclic amines) is 1. The van der Waals surface area contributed by atoms with E-state index >= 15 is 0 Å². The van der Waals surface area contributed by atoms with Crippen molar-refractivity contribution in [1.29, 1.82) is 0 Å². The molecule has 9 nitrogen and oxygen atoms in total. The van der Waals surface area contributed by atoms with Crippen LogP contribution >= 0.6 is 0 Å². The molecule has 1 atom stereocenters. The Hall–Kier alpha value is -3.10. The normalized spacial score (nSPS) is 20.3. The molecular weight excluding hydrogens is 348 g/mol. The lowest BCUT2D eigenvalue weighted by atomic mass is 10.0. The second-order valence-corrected chi connectivity index (χ2v) is 6.77. The molecule has 0 spiro atoms. The summed E-state index contributed by atoms with van der Waals surface area (Å²) < 4.78 is 1.24. The van der Waals surface area contributed by atoms with Gasteiger partial charge in [-0.25, -0.2) is 4.99 Å². The zero-order valence-electron chi connectivity index (χ0n) is 15.7. The molecule has 0 bridgehead atoms. The molecule has 1 aromatic rings. The molecular formula is C18H22N6O3. The minimum absolute atomic E-state index is 0.0205. The summed E-state index contributed by atoms with van der Waals surface area (Å²) in [5.74, 6) is -1.60. The Morgan fingerprint density at radius 3 is 2.67 bits per heavy atom. The fraction of sp³-hybridized carbons (Fsp3) is 0.444. The Balaban J connectivity index is 1.83. The fourth-order valence-corrected chi connectivity index (χ4v) is 3.09. The molecule has 3 heterocycles. The van der Waals surface area contributed by atoms with Crippen molar-refractivity contribution in [2.75, 3.05) is 11.9 Å². The Kier molecular flexibility index (Phi) is 5.02. The Morgan fingerprint density at radius 2 is 2.00 bits per heavy atom. The molecule has 9 heteroatoms. The molecule has 3 rings (SSSR count). The predicted octanol–water partition coefficient (Wildman–Crippen LogP) is 1.29. The van der Waals surface area contributed by atoms with E-state index in [1.54, 1.807) is 24.8 Å². The molecule has 2 aliphatic heterocycles. The van der Waals surface area contributed by atoms with Crippen LogP contribution in [-0.4, -0.2) is 56.7 Å². The molecule has 0 radical (unpaired) electrons. The minimum Gasteiger partial charge on any atom is -0.332 e. The zero-order valence-corrected chi connectivity index (χ0v) is 15.7. The monoisotopic (exact) mass is 370 g/mol. The van der Waals surface area contributed by atoms with Crippen LogP contribution in [0.2, 0.25) is 0 Å². The summed E-state index contributed by atoms with van der Waals surface area (Å²) in [4.78, 5) is 46.6. The summed E-state index contributed by atoms with van der Waals surface area (Å²) in [6.45, 7) is 9.50. The number of carbonyl (C=O) groups excluding carboxylic acids is 3. The number of piperidine rings is 1. The van der Waals surface area contributed by atoms with Gasteiger partial charge in [0, 0.05) is 18.7 Å². The molecule has 1 fully saturated rings.